The van der Waals surface area contributed by atoms with Gasteiger partial charge < -0.3 is 9.80 Å². The molecule has 2 rings (SSSR count). The van der Waals surface area contributed by atoms with Crippen LogP contribution in [0.5, 0.6) is 0 Å². The highest BCUT2D eigenvalue weighted by Gasteiger charge is 2.25. The summed E-state index contributed by atoms with van der Waals surface area (Å²) >= 11 is 1.80. The number of nitro groups is 1. The molecule has 10 heteroatoms. The van der Waals surface area contributed by atoms with Crippen LogP contribution in [0.15, 0.2) is 23.1 Å². The van der Waals surface area contributed by atoms with E-state index >= 15 is 0 Å². The maximum Gasteiger partial charge on any atom is 0.293 e. The average molecular weight is 374 g/mol. The first-order valence-electron chi connectivity index (χ1n) is 7.57. The molecule has 0 radical (unpaired) electrons. The molecule has 1 fully saturated rings. The summed E-state index contributed by atoms with van der Waals surface area (Å²) in [5.41, 5.74) is 0.310. The first kappa shape index (κ1) is 19.0. The first-order valence-corrected chi connectivity index (χ1v) is 10.2. The maximum absolute atomic E-state index is 12.3. The van der Waals surface area contributed by atoms with Crippen molar-refractivity contribution in [1.29, 1.82) is 0 Å². The van der Waals surface area contributed by atoms with Crippen LogP contribution in [-0.4, -0.2) is 70.0 Å². The third-order valence-corrected chi connectivity index (χ3v) is 6.06. The number of thioether (sulfide) groups is 1. The van der Waals surface area contributed by atoms with Crippen LogP contribution in [0.1, 0.15) is 0 Å². The smallest absolute Gasteiger partial charge is 0.293 e. The fourth-order valence-corrected chi connectivity index (χ4v) is 4.32. The fraction of sp³-hybridized carbons (Fsp3) is 0.571. The maximum atomic E-state index is 12.3. The predicted molar refractivity (Wildman–Crippen MR) is 96.4 cm³/mol. The van der Waals surface area contributed by atoms with Crippen molar-refractivity contribution in [2.75, 3.05) is 56.7 Å². The van der Waals surface area contributed by atoms with Gasteiger partial charge in [0.05, 0.1) is 9.82 Å². The van der Waals surface area contributed by atoms with E-state index in [1.54, 1.807) is 11.8 Å². The second-order valence-electron chi connectivity index (χ2n) is 5.71. The van der Waals surface area contributed by atoms with Gasteiger partial charge in [0, 0.05) is 43.8 Å². The van der Waals surface area contributed by atoms with Gasteiger partial charge in [-0.25, -0.2) is 13.1 Å². The summed E-state index contributed by atoms with van der Waals surface area (Å²) in [4.78, 5) is 14.6. The Labute approximate surface area is 146 Å². The third kappa shape index (κ3) is 4.82. The van der Waals surface area contributed by atoms with E-state index in [1.807, 2.05) is 23.9 Å². The van der Waals surface area contributed by atoms with Crippen molar-refractivity contribution in [2.24, 2.45) is 0 Å². The molecule has 1 aliphatic rings. The number of nitrogens with zero attached hydrogens (tertiary/aromatic N) is 3. The number of rotatable bonds is 7. The van der Waals surface area contributed by atoms with Gasteiger partial charge in [0.25, 0.3) is 5.69 Å². The Kier molecular flexibility index (Phi) is 6.44. The third-order valence-electron chi connectivity index (χ3n) is 3.66. The molecule has 0 unspecified atom stereocenters. The molecule has 1 N–H and O–H groups in total. The number of nitrogens with one attached hydrogen (secondary N) is 1. The van der Waals surface area contributed by atoms with Crippen molar-refractivity contribution < 1.29 is 13.3 Å². The van der Waals surface area contributed by atoms with E-state index in [1.165, 1.54) is 12.1 Å². The van der Waals surface area contributed by atoms with Crippen LogP contribution >= 0.6 is 11.8 Å². The van der Waals surface area contributed by atoms with Gasteiger partial charge in [-0.15, -0.1) is 0 Å². The normalized spacial score (nSPS) is 15.7. The highest BCUT2D eigenvalue weighted by Crippen LogP contribution is 2.32. The largest absolute Gasteiger partial charge is 0.364 e. The standard InChI is InChI=1S/C14H22N4O4S2/c1-16(2)6-5-15-24(21,22)12-3-4-13(14(11-12)18(19)20)17-7-9-23-10-8-17/h3-4,11,15H,5-10H2,1-2H3. The van der Waals surface area contributed by atoms with Crippen LogP contribution < -0.4 is 9.62 Å². The number of nitro benzene ring substituents is 1. The van der Waals surface area contributed by atoms with Gasteiger partial charge in [-0.2, -0.15) is 11.8 Å². The predicted octanol–water partition coefficient (Wildman–Crippen LogP) is 0.988. The number of hydrogen-bond donors (Lipinski definition) is 1. The lowest BCUT2D eigenvalue weighted by atomic mass is 10.2. The highest BCUT2D eigenvalue weighted by atomic mass is 32.2. The molecule has 8 nitrogen and oxygen atoms in total. The molecule has 0 bridgehead atoms. The lowest BCUT2D eigenvalue weighted by Gasteiger charge is -2.28. The van der Waals surface area contributed by atoms with Crippen LogP contribution in [-0.2, 0) is 10.0 Å². The summed E-state index contributed by atoms with van der Waals surface area (Å²) in [6.07, 6.45) is 0. The fourth-order valence-electron chi connectivity index (χ4n) is 2.38. The molecule has 0 amide bonds. The summed E-state index contributed by atoms with van der Waals surface area (Å²) in [7, 11) is -0.0869. The quantitative estimate of drug-likeness (QED) is 0.561. The average Bonchev–Trinajstić information content (AvgIpc) is 2.54. The SMILES string of the molecule is CN(C)CCNS(=O)(=O)c1ccc(N2CCSCC2)c([N+](=O)[O-])c1. The van der Waals surface area contributed by atoms with Crippen molar-refractivity contribution in [3.8, 4) is 0 Å². The van der Waals surface area contributed by atoms with Crippen molar-refractivity contribution in [3.05, 3.63) is 28.3 Å². The first-order chi connectivity index (χ1) is 11.3. The van der Waals surface area contributed by atoms with Gasteiger partial charge in [-0.1, -0.05) is 0 Å². The lowest BCUT2D eigenvalue weighted by molar-refractivity contribution is -0.384. The summed E-state index contributed by atoms with van der Waals surface area (Å²) in [6.45, 7) is 2.23. The Hall–Kier alpha value is -1.36. The molecular formula is C14H22N4O4S2. The molecule has 1 aromatic rings. The second-order valence-corrected chi connectivity index (χ2v) is 8.70. The van der Waals surface area contributed by atoms with E-state index in [4.69, 9.17) is 0 Å². The van der Waals surface area contributed by atoms with Crippen LogP contribution in [0.3, 0.4) is 0 Å². The molecule has 1 saturated heterocycles. The summed E-state index contributed by atoms with van der Waals surface area (Å²) in [5, 5.41) is 11.4. The number of anilines is 1. The van der Waals surface area contributed by atoms with Gasteiger partial charge in [0.2, 0.25) is 10.0 Å². The number of likely N-dealkylation sites (N-methyl/N-ethyl adjacent to an activating group) is 1. The summed E-state index contributed by atoms with van der Waals surface area (Å²) in [6, 6.07) is 4.12. The molecular weight excluding hydrogens is 352 g/mol. The van der Waals surface area contributed by atoms with E-state index in [0.717, 1.165) is 30.7 Å². The molecule has 134 valence electrons. The van der Waals surface area contributed by atoms with Crippen molar-refractivity contribution >= 4 is 33.2 Å². The molecule has 1 aliphatic heterocycles. The zero-order valence-electron chi connectivity index (χ0n) is 13.8. The van der Waals surface area contributed by atoms with Crippen LogP contribution in [0.4, 0.5) is 11.4 Å². The molecule has 1 aromatic carbocycles. The zero-order chi connectivity index (χ0) is 17.7. The van der Waals surface area contributed by atoms with Gasteiger partial charge in [0.1, 0.15) is 5.69 Å². The Bertz CT molecular complexity index is 688. The Balaban J connectivity index is 2.26. The monoisotopic (exact) mass is 374 g/mol. The number of benzene rings is 1. The van der Waals surface area contributed by atoms with E-state index in [0.29, 0.717) is 12.2 Å². The highest BCUT2D eigenvalue weighted by molar-refractivity contribution is 7.99. The van der Waals surface area contributed by atoms with Crippen LogP contribution in [0.25, 0.3) is 0 Å². The topological polar surface area (TPSA) is 95.8 Å². The van der Waals surface area contributed by atoms with Gasteiger partial charge in [0.15, 0.2) is 0 Å². The molecule has 0 spiro atoms. The minimum absolute atomic E-state index is 0.0805. The van der Waals surface area contributed by atoms with Crippen molar-refractivity contribution in [2.45, 2.75) is 4.90 Å². The molecule has 0 aromatic heterocycles. The minimum atomic E-state index is -3.76. The minimum Gasteiger partial charge on any atom is -0.364 e. The van der Waals surface area contributed by atoms with Crippen molar-refractivity contribution in [3.63, 3.8) is 0 Å². The Morgan fingerprint density at radius 2 is 2.00 bits per heavy atom. The van der Waals surface area contributed by atoms with Gasteiger partial charge in [-0.05, 0) is 26.2 Å². The van der Waals surface area contributed by atoms with Crippen LogP contribution in [0, 0.1) is 10.1 Å². The van der Waals surface area contributed by atoms with Crippen LogP contribution in [0.2, 0.25) is 0 Å². The zero-order valence-corrected chi connectivity index (χ0v) is 15.4. The van der Waals surface area contributed by atoms with E-state index in [-0.39, 0.29) is 17.1 Å². The number of sulfonamides is 1. The van der Waals surface area contributed by atoms with E-state index in [9.17, 15) is 18.5 Å². The molecule has 0 atom stereocenters. The Morgan fingerprint density at radius 1 is 1.33 bits per heavy atom. The summed E-state index contributed by atoms with van der Waals surface area (Å²) < 4.78 is 27.1. The Morgan fingerprint density at radius 3 is 2.58 bits per heavy atom. The molecule has 1 heterocycles. The van der Waals surface area contributed by atoms with E-state index < -0.39 is 14.9 Å². The van der Waals surface area contributed by atoms with Crippen molar-refractivity contribution in [1.82, 2.24) is 9.62 Å². The lowest BCUT2D eigenvalue weighted by Crippen LogP contribution is -2.33. The second kappa shape index (κ2) is 8.15. The number of hydrogen-bond acceptors (Lipinski definition) is 7. The molecule has 0 saturated carbocycles. The molecule has 24 heavy (non-hydrogen) atoms. The van der Waals surface area contributed by atoms with Gasteiger partial charge in [-0.3, -0.25) is 10.1 Å². The summed E-state index contributed by atoms with van der Waals surface area (Å²) in [5.74, 6) is 1.81. The van der Waals surface area contributed by atoms with Gasteiger partial charge >= 0.3 is 0 Å². The molecule has 0 aliphatic carbocycles. The van der Waals surface area contributed by atoms with E-state index in [2.05, 4.69) is 4.72 Å².